The van der Waals surface area contributed by atoms with Crippen LogP contribution in [0.15, 0.2) is 71.6 Å². The standard InChI is InChI=1S/C27H30N4O4S.Na.H/c1-4-26-29-24-14-9-21(19(3)32)17-25(24)31(26)22-10-7-20(8-11-22)15-16-28-27(33)30-36(34,35)23-12-5-18(2)6-13-23;;/h5-14,17,26,29H,4,15-16H2,1-3H3,(H2,28,30,33);;/q;+1;-1. The summed E-state index contributed by atoms with van der Waals surface area (Å²) in [6, 6.07) is 19.2. The summed E-state index contributed by atoms with van der Waals surface area (Å²) in [6.07, 6.45) is 1.49. The van der Waals surface area contributed by atoms with Crippen molar-refractivity contribution in [3.05, 3.63) is 83.4 Å². The molecule has 0 aliphatic carbocycles. The molecule has 0 spiro atoms. The van der Waals surface area contributed by atoms with Gasteiger partial charge in [0, 0.05) is 17.8 Å². The number of amides is 2. The van der Waals surface area contributed by atoms with Crippen molar-refractivity contribution in [2.24, 2.45) is 0 Å². The first-order valence-electron chi connectivity index (χ1n) is 11.8. The number of aryl methyl sites for hydroxylation is 1. The predicted molar refractivity (Wildman–Crippen MR) is 142 cm³/mol. The van der Waals surface area contributed by atoms with Gasteiger partial charge in [-0.05, 0) is 74.7 Å². The first-order valence-corrected chi connectivity index (χ1v) is 13.3. The van der Waals surface area contributed by atoms with Crippen LogP contribution in [0.4, 0.5) is 21.9 Å². The van der Waals surface area contributed by atoms with Crippen LogP contribution < -0.4 is 49.8 Å². The third-order valence-electron chi connectivity index (χ3n) is 6.16. The van der Waals surface area contributed by atoms with Crippen molar-refractivity contribution in [3.8, 4) is 0 Å². The maximum Gasteiger partial charge on any atom is 1.00 e. The van der Waals surface area contributed by atoms with Crippen LogP contribution in [0.3, 0.4) is 0 Å². The fourth-order valence-electron chi connectivity index (χ4n) is 4.17. The Labute approximate surface area is 241 Å². The molecule has 0 saturated heterocycles. The number of urea groups is 1. The number of ketones is 1. The summed E-state index contributed by atoms with van der Waals surface area (Å²) in [5, 5.41) is 6.11. The van der Waals surface area contributed by atoms with Crippen LogP contribution in [0.5, 0.6) is 0 Å². The van der Waals surface area contributed by atoms with E-state index in [9.17, 15) is 18.0 Å². The topological polar surface area (TPSA) is 108 Å². The maximum atomic E-state index is 12.3. The van der Waals surface area contributed by atoms with E-state index in [1.165, 1.54) is 12.1 Å². The first-order chi connectivity index (χ1) is 17.2. The van der Waals surface area contributed by atoms with Crippen LogP contribution in [-0.2, 0) is 16.4 Å². The summed E-state index contributed by atoms with van der Waals surface area (Å²) in [6.45, 7) is 5.80. The molecular weight excluding hydrogens is 499 g/mol. The zero-order chi connectivity index (χ0) is 25.9. The normalized spacial score (nSPS) is 14.2. The zero-order valence-corrected chi connectivity index (χ0v) is 24.4. The van der Waals surface area contributed by atoms with E-state index in [-0.39, 0.29) is 54.4 Å². The predicted octanol–water partition coefficient (Wildman–Crippen LogP) is 1.84. The molecule has 4 rings (SSSR count). The second-order valence-corrected chi connectivity index (χ2v) is 10.5. The van der Waals surface area contributed by atoms with Gasteiger partial charge < -0.3 is 17.0 Å². The SMILES string of the molecule is CCC1Nc2ccc(C(C)=O)cc2N1c1ccc(CCNC(=O)NS(=O)(=O)c2ccc(C)cc2)cc1.[H-].[Na+]. The average molecular weight is 531 g/mol. The molecule has 3 aromatic carbocycles. The van der Waals surface area contributed by atoms with E-state index in [4.69, 9.17) is 0 Å². The molecule has 1 heterocycles. The molecule has 1 aliphatic rings. The van der Waals surface area contributed by atoms with Crippen molar-refractivity contribution in [1.29, 1.82) is 0 Å². The molecule has 0 saturated carbocycles. The molecule has 8 nitrogen and oxygen atoms in total. The smallest absolute Gasteiger partial charge is 1.00 e. The molecule has 37 heavy (non-hydrogen) atoms. The minimum absolute atomic E-state index is 0. The van der Waals surface area contributed by atoms with Gasteiger partial charge in [-0.2, -0.15) is 0 Å². The van der Waals surface area contributed by atoms with Gasteiger partial charge in [0.15, 0.2) is 5.78 Å². The summed E-state index contributed by atoms with van der Waals surface area (Å²) in [7, 11) is -3.92. The molecule has 1 aliphatic heterocycles. The van der Waals surface area contributed by atoms with Gasteiger partial charge in [-0.15, -0.1) is 0 Å². The van der Waals surface area contributed by atoms with Gasteiger partial charge in [-0.25, -0.2) is 17.9 Å². The fraction of sp³-hybridized carbons (Fsp3) is 0.259. The number of sulfonamides is 1. The number of carbonyl (C=O) groups excluding carboxylic acids is 2. The van der Waals surface area contributed by atoms with E-state index in [0.29, 0.717) is 12.0 Å². The second-order valence-electron chi connectivity index (χ2n) is 8.82. The Hall–Kier alpha value is -2.85. The number of hydrogen-bond acceptors (Lipinski definition) is 6. The van der Waals surface area contributed by atoms with Gasteiger partial charge in [0.25, 0.3) is 10.0 Å². The van der Waals surface area contributed by atoms with E-state index in [1.54, 1.807) is 19.1 Å². The first kappa shape index (κ1) is 28.7. The molecule has 0 fully saturated rings. The molecule has 10 heteroatoms. The van der Waals surface area contributed by atoms with Crippen LogP contribution in [0.25, 0.3) is 0 Å². The van der Waals surface area contributed by atoms with Crippen LogP contribution >= 0.6 is 0 Å². The Morgan fingerprint density at radius 3 is 2.32 bits per heavy atom. The average Bonchev–Trinajstić information content (AvgIpc) is 3.22. The molecule has 3 aromatic rings. The number of benzene rings is 3. The third kappa shape index (κ3) is 6.73. The van der Waals surface area contributed by atoms with Crippen LogP contribution in [0, 0.1) is 6.92 Å². The Kier molecular flexibility index (Phi) is 9.41. The van der Waals surface area contributed by atoms with E-state index in [1.807, 2.05) is 54.1 Å². The van der Waals surface area contributed by atoms with Gasteiger partial charge in [-0.1, -0.05) is 36.8 Å². The van der Waals surface area contributed by atoms with Gasteiger partial charge >= 0.3 is 35.6 Å². The number of Topliss-reactive ketones (excluding diaryl/α,β-unsaturated/α-hetero) is 1. The van der Waals surface area contributed by atoms with Crippen LogP contribution in [0.1, 0.15) is 43.2 Å². The number of fused-ring (bicyclic) bond motifs is 1. The summed E-state index contributed by atoms with van der Waals surface area (Å²) in [5.74, 6) is 0.0243. The van der Waals surface area contributed by atoms with E-state index >= 15 is 0 Å². The van der Waals surface area contributed by atoms with Crippen LogP contribution in [-0.4, -0.2) is 32.9 Å². The summed E-state index contributed by atoms with van der Waals surface area (Å²) in [5.41, 5.74) is 5.55. The molecular formula is C27H31N4NaO4S. The minimum atomic E-state index is -3.92. The summed E-state index contributed by atoms with van der Waals surface area (Å²) >= 11 is 0. The molecule has 0 radical (unpaired) electrons. The van der Waals surface area contributed by atoms with Gasteiger partial charge in [-0.3, -0.25) is 4.79 Å². The Balaban J connectivity index is 0.00000253. The molecule has 1 atom stereocenters. The fourth-order valence-corrected chi connectivity index (χ4v) is 5.09. The van der Waals surface area contributed by atoms with Crippen molar-refractivity contribution in [1.82, 2.24) is 10.0 Å². The minimum Gasteiger partial charge on any atom is -1.00 e. The van der Waals surface area contributed by atoms with Crippen molar-refractivity contribution in [3.63, 3.8) is 0 Å². The molecule has 190 valence electrons. The van der Waals surface area contributed by atoms with Crippen LogP contribution in [0.2, 0.25) is 0 Å². The number of hydrogen-bond donors (Lipinski definition) is 3. The van der Waals surface area contributed by atoms with Crippen molar-refractivity contribution >= 4 is 38.9 Å². The van der Waals surface area contributed by atoms with Crippen molar-refractivity contribution in [2.45, 2.75) is 44.7 Å². The second kappa shape index (κ2) is 12.1. The molecule has 1 unspecified atom stereocenters. The number of nitrogens with one attached hydrogen (secondary N) is 3. The maximum absolute atomic E-state index is 12.3. The Morgan fingerprint density at radius 1 is 1.03 bits per heavy atom. The molecule has 2 amide bonds. The van der Waals surface area contributed by atoms with E-state index < -0.39 is 16.1 Å². The molecule has 0 bridgehead atoms. The number of carbonyl (C=O) groups is 2. The van der Waals surface area contributed by atoms with Gasteiger partial charge in [0.1, 0.15) is 6.17 Å². The summed E-state index contributed by atoms with van der Waals surface area (Å²) in [4.78, 5) is 26.3. The number of nitrogens with zero attached hydrogens (tertiary/aromatic N) is 1. The van der Waals surface area contributed by atoms with E-state index in [2.05, 4.69) is 22.5 Å². The molecule has 0 aromatic heterocycles. The molecule has 3 N–H and O–H groups in total. The zero-order valence-electron chi connectivity index (χ0n) is 22.5. The van der Waals surface area contributed by atoms with Crippen molar-refractivity contribution in [2.75, 3.05) is 16.8 Å². The van der Waals surface area contributed by atoms with E-state index in [0.717, 1.165) is 34.6 Å². The Bertz CT molecular complexity index is 1380. The van der Waals surface area contributed by atoms with Gasteiger partial charge in [0.05, 0.1) is 16.3 Å². The largest absolute Gasteiger partial charge is 1.00 e. The monoisotopic (exact) mass is 530 g/mol. The van der Waals surface area contributed by atoms with Crippen molar-refractivity contribution < 1.29 is 49.0 Å². The summed E-state index contributed by atoms with van der Waals surface area (Å²) < 4.78 is 26.7. The number of anilines is 3. The Morgan fingerprint density at radius 2 is 1.70 bits per heavy atom. The quantitative estimate of drug-likeness (QED) is 0.303. The number of rotatable bonds is 8. The third-order valence-corrected chi connectivity index (χ3v) is 7.50. The van der Waals surface area contributed by atoms with Gasteiger partial charge in [0.2, 0.25) is 0 Å².